The van der Waals surface area contributed by atoms with Crippen LogP contribution in [0.5, 0.6) is 0 Å². The smallest absolute Gasteiger partial charge is 0.234 e. The molecule has 1 unspecified atom stereocenters. The molecule has 0 bridgehead atoms. The molecule has 0 amide bonds. The molecule has 6 nitrogen and oxygen atoms in total. The standard InChI is InChI=1S/C10H15N5OS/c1-10(2,11)8-14-15-7(6-4-3-5-16-6)12-13-9(15)17-8/h6H,3-5,11H2,1-2H3. The minimum atomic E-state index is -0.445. The first-order valence-electron chi connectivity index (χ1n) is 5.69. The summed E-state index contributed by atoms with van der Waals surface area (Å²) in [6, 6.07) is 0. The Labute approximate surface area is 103 Å². The summed E-state index contributed by atoms with van der Waals surface area (Å²) in [4.78, 5) is 0.782. The van der Waals surface area contributed by atoms with E-state index < -0.39 is 5.54 Å². The quantitative estimate of drug-likeness (QED) is 0.871. The lowest BCUT2D eigenvalue weighted by Crippen LogP contribution is -2.28. The van der Waals surface area contributed by atoms with Gasteiger partial charge in [-0.1, -0.05) is 11.3 Å². The van der Waals surface area contributed by atoms with Gasteiger partial charge in [-0.15, -0.1) is 10.2 Å². The highest BCUT2D eigenvalue weighted by atomic mass is 32.1. The van der Waals surface area contributed by atoms with Gasteiger partial charge in [-0.2, -0.15) is 9.61 Å². The fourth-order valence-electron chi connectivity index (χ4n) is 1.87. The Kier molecular flexibility index (Phi) is 2.42. The molecule has 3 heterocycles. The lowest BCUT2D eigenvalue weighted by Gasteiger charge is -2.13. The van der Waals surface area contributed by atoms with Gasteiger partial charge in [-0.3, -0.25) is 0 Å². The first-order chi connectivity index (χ1) is 8.05. The first kappa shape index (κ1) is 11.1. The highest BCUT2D eigenvalue weighted by molar-refractivity contribution is 7.16. The van der Waals surface area contributed by atoms with Crippen LogP contribution < -0.4 is 5.73 Å². The summed E-state index contributed by atoms with van der Waals surface area (Å²) in [5, 5.41) is 13.6. The van der Waals surface area contributed by atoms with Crippen molar-refractivity contribution in [2.75, 3.05) is 6.61 Å². The van der Waals surface area contributed by atoms with E-state index in [1.54, 1.807) is 4.52 Å². The van der Waals surface area contributed by atoms with Gasteiger partial charge < -0.3 is 10.5 Å². The molecule has 3 rings (SSSR count). The van der Waals surface area contributed by atoms with Gasteiger partial charge in [-0.05, 0) is 26.7 Å². The number of rotatable bonds is 2. The number of ether oxygens (including phenoxy) is 1. The van der Waals surface area contributed by atoms with Gasteiger partial charge in [0.2, 0.25) is 4.96 Å². The predicted molar refractivity (Wildman–Crippen MR) is 63.8 cm³/mol. The van der Waals surface area contributed by atoms with E-state index in [9.17, 15) is 0 Å². The summed E-state index contributed by atoms with van der Waals surface area (Å²) < 4.78 is 7.38. The maximum Gasteiger partial charge on any atom is 0.234 e. The number of hydrogen-bond acceptors (Lipinski definition) is 6. The maximum absolute atomic E-state index is 6.04. The number of hydrogen-bond donors (Lipinski definition) is 1. The fraction of sp³-hybridized carbons (Fsp3) is 0.700. The molecule has 92 valence electrons. The van der Waals surface area contributed by atoms with Crippen LogP contribution in [0.1, 0.15) is 43.6 Å². The summed E-state index contributed by atoms with van der Waals surface area (Å²) in [6.07, 6.45) is 2.08. The van der Waals surface area contributed by atoms with Crippen LogP contribution in [0, 0.1) is 0 Å². The average molecular weight is 253 g/mol. The van der Waals surface area contributed by atoms with Crippen molar-refractivity contribution in [3.05, 3.63) is 10.8 Å². The molecule has 0 radical (unpaired) electrons. The van der Waals surface area contributed by atoms with Gasteiger partial charge in [0.25, 0.3) is 0 Å². The Hall–Kier alpha value is -1.05. The predicted octanol–water partition coefficient (Wildman–Crippen LogP) is 1.23. The molecule has 2 aromatic heterocycles. The van der Waals surface area contributed by atoms with E-state index in [-0.39, 0.29) is 6.10 Å². The monoisotopic (exact) mass is 253 g/mol. The van der Waals surface area contributed by atoms with Gasteiger partial charge in [-0.25, -0.2) is 0 Å². The first-order valence-corrected chi connectivity index (χ1v) is 6.50. The zero-order valence-corrected chi connectivity index (χ0v) is 10.7. The topological polar surface area (TPSA) is 78.3 Å². The molecule has 0 aromatic carbocycles. The lowest BCUT2D eigenvalue weighted by atomic mass is 10.1. The highest BCUT2D eigenvalue weighted by Gasteiger charge is 2.27. The van der Waals surface area contributed by atoms with Crippen molar-refractivity contribution in [1.82, 2.24) is 19.8 Å². The molecule has 1 fully saturated rings. The van der Waals surface area contributed by atoms with Crippen LogP contribution in [0.4, 0.5) is 0 Å². The fourth-order valence-corrected chi connectivity index (χ4v) is 2.74. The Morgan fingerprint density at radius 1 is 1.47 bits per heavy atom. The molecular weight excluding hydrogens is 238 g/mol. The number of nitrogens with zero attached hydrogens (tertiary/aromatic N) is 4. The van der Waals surface area contributed by atoms with Crippen LogP contribution in [0.15, 0.2) is 0 Å². The van der Waals surface area contributed by atoms with Crippen LogP contribution in [-0.2, 0) is 10.3 Å². The zero-order chi connectivity index (χ0) is 12.0. The molecule has 0 spiro atoms. The minimum Gasteiger partial charge on any atom is -0.370 e. The lowest BCUT2D eigenvalue weighted by molar-refractivity contribution is 0.103. The van der Waals surface area contributed by atoms with Crippen molar-refractivity contribution < 1.29 is 4.74 Å². The van der Waals surface area contributed by atoms with Crippen LogP contribution in [-0.4, -0.2) is 26.4 Å². The maximum atomic E-state index is 6.04. The minimum absolute atomic E-state index is 0.0286. The number of nitrogens with two attached hydrogens (primary N) is 1. The van der Waals surface area contributed by atoms with Gasteiger partial charge in [0.15, 0.2) is 5.82 Å². The van der Waals surface area contributed by atoms with Gasteiger partial charge >= 0.3 is 0 Å². The van der Waals surface area contributed by atoms with Crippen LogP contribution in [0.25, 0.3) is 4.96 Å². The Morgan fingerprint density at radius 2 is 2.29 bits per heavy atom. The van der Waals surface area contributed by atoms with E-state index in [0.29, 0.717) is 0 Å². The second-order valence-corrected chi connectivity index (χ2v) is 5.84. The summed E-state index contributed by atoms with van der Waals surface area (Å²) in [6.45, 7) is 4.66. The second-order valence-electron chi connectivity index (χ2n) is 4.88. The van der Waals surface area contributed by atoms with Crippen molar-refractivity contribution in [1.29, 1.82) is 0 Å². The van der Waals surface area contributed by atoms with E-state index in [4.69, 9.17) is 10.5 Å². The molecule has 2 N–H and O–H groups in total. The third-order valence-corrected chi connectivity index (χ3v) is 4.02. The molecule has 2 aromatic rings. The van der Waals surface area contributed by atoms with Gasteiger partial charge in [0, 0.05) is 6.61 Å². The third-order valence-electron chi connectivity index (χ3n) is 2.78. The normalized spacial score (nSPS) is 21.5. The molecule has 0 aliphatic carbocycles. The van der Waals surface area contributed by atoms with Crippen molar-refractivity contribution >= 4 is 16.3 Å². The van der Waals surface area contributed by atoms with Gasteiger partial charge in [0.05, 0.1) is 5.54 Å². The van der Waals surface area contributed by atoms with E-state index in [1.165, 1.54) is 11.3 Å². The largest absolute Gasteiger partial charge is 0.370 e. The van der Waals surface area contributed by atoms with Gasteiger partial charge in [0.1, 0.15) is 11.1 Å². The molecule has 1 aliphatic heterocycles. The average Bonchev–Trinajstić information content (AvgIpc) is 2.91. The number of fused-ring (bicyclic) bond motifs is 1. The van der Waals surface area contributed by atoms with Crippen molar-refractivity contribution in [3.8, 4) is 0 Å². The molecule has 0 saturated carbocycles. The van der Waals surface area contributed by atoms with Crippen molar-refractivity contribution in [2.24, 2.45) is 5.73 Å². The van der Waals surface area contributed by atoms with Crippen LogP contribution in [0.2, 0.25) is 0 Å². The van der Waals surface area contributed by atoms with E-state index in [0.717, 1.165) is 35.2 Å². The van der Waals surface area contributed by atoms with E-state index in [1.807, 2.05) is 13.8 Å². The van der Waals surface area contributed by atoms with Crippen molar-refractivity contribution in [2.45, 2.75) is 38.3 Å². The number of aromatic nitrogens is 4. The molecular formula is C10H15N5OS. The highest BCUT2D eigenvalue weighted by Crippen LogP contribution is 2.30. The molecule has 7 heteroatoms. The second kappa shape index (κ2) is 3.72. The zero-order valence-electron chi connectivity index (χ0n) is 9.88. The van der Waals surface area contributed by atoms with Crippen LogP contribution in [0.3, 0.4) is 0 Å². The summed E-state index contributed by atoms with van der Waals surface area (Å²) in [5.74, 6) is 0.796. The molecule has 1 aliphatic rings. The Balaban J connectivity index is 2.05. The van der Waals surface area contributed by atoms with E-state index in [2.05, 4.69) is 15.3 Å². The summed E-state index contributed by atoms with van der Waals surface area (Å²) in [7, 11) is 0. The molecule has 1 saturated heterocycles. The van der Waals surface area contributed by atoms with Crippen LogP contribution >= 0.6 is 11.3 Å². The summed E-state index contributed by atoms with van der Waals surface area (Å²) in [5.41, 5.74) is 5.59. The van der Waals surface area contributed by atoms with Crippen molar-refractivity contribution in [3.63, 3.8) is 0 Å². The Bertz CT molecular complexity index is 534. The van der Waals surface area contributed by atoms with E-state index >= 15 is 0 Å². The molecule has 1 atom stereocenters. The third kappa shape index (κ3) is 1.84. The molecule has 17 heavy (non-hydrogen) atoms. The summed E-state index contributed by atoms with van der Waals surface area (Å²) >= 11 is 1.48. The Morgan fingerprint density at radius 3 is 2.94 bits per heavy atom. The SMILES string of the molecule is CC(C)(N)c1nn2c(C3CCCO3)nnc2s1.